The van der Waals surface area contributed by atoms with Crippen LogP contribution >= 0.6 is 0 Å². The molecular formula is C62H117NO5. The lowest BCUT2D eigenvalue weighted by Gasteiger charge is -2.22. The summed E-state index contributed by atoms with van der Waals surface area (Å²) < 4.78 is 5.47. The van der Waals surface area contributed by atoms with Crippen LogP contribution in [0.4, 0.5) is 0 Å². The zero-order valence-electron chi connectivity index (χ0n) is 45.6. The van der Waals surface area contributed by atoms with E-state index in [1.165, 1.54) is 238 Å². The third-order valence-electron chi connectivity index (χ3n) is 13.9. The van der Waals surface area contributed by atoms with Gasteiger partial charge in [0, 0.05) is 12.8 Å². The van der Waals surface area contributed by atoms with E-state index in [9.17, 15) is 19.8 Å². The van der Waals surface area contributed by atoms with Gasteiger partial charge in [-0.2, -0.15) is 0 Å². The maximum atomic E-state index is 12.5. The van der Waals surface area contributed by atoms with Crippen molar-refractivity contribution in [2.75, 3.05) is 13.2 Å². The van der Waals surface area contributed by atoms with Crippen LogP contribution in [0.1, 0.15) is 322 Å². The van der Waals surface area contributed by atoms with Crippen molar-refractivity contribution < 1.29 is 24.5 Å². The molecule has 0 bridgehead atoms. The van der Waals surface area contributed by atoms with Crippen molar-refractivity contribution in [3.05, 3.63) is 36.5 Å². The van der Waals surface area contributed by atoms with Crippen molar-refractivity contribution in [1.29, 1.82) is 0 Å². The highest BCUT2D eigenvalue weighted by atomic mass is 16.5. The van der Waals surface area contributed by atoms with Crippen LogP contribution in [-0.4, -0.2) is 47.4 Å². The summed E-state index contributed by atoms with van der Waals surface area (Å²) in [5.41, 5.74) is 0. The van der Waals surface area contributed by atoms with Crippen molar-refractivity contribution in [2.45, 2.75) is 334 Å². The number of hydrogen-bond acceptors (Lipinski definition) is 5. The lowest BCUT2D eigenvalue weighted by atomic mass is 10.0. The average Bonchev–Trinajstić information content (AvgIpc) is 3.34. The maximum Gasteiger partial charge on any atom is 0.305 e. The number of aliphatic hydroxyl groups excluding tert-OH is 2. The Hall–Kier alpha value is -1.92. The Labute approximate surface area is 424 Å². The molecule has 3 N–H and O–H groups in total. The van der Waals surface area contributed by atoms with E-state index in [1.54, 1.807) is 0 Å². The molecule has 68 heavy (non-hydrogen) atoms. The van der Waals surface area contributed by atoms with Gasteiger partial charge < -0.3 is 20.3 Å². The first-order valence-electron chi connectivity index (χ1n) is 30.2. The summed E-state index contributed by atoms with van der Waals surface area (Å²) in [6, 6.07) is -0.546. The minimum Gasteiger partial charge on any atom is -0.466 e. The topological polar surface area (TPSA) is 95.9 Å². The summed E-state index contributed by atoms with van der Waals surface area (Å²) in [5.74, 6) is -0.0439. The molecule has 0 spiro atoms. The molecule has 0 radical (unpaired) electrons. The van der Waals surface area contributed by atoms with Crippen LogP contribution < -0.4 is 5.32 Å². The van der Waals surface area contributed by atoms with Crippen LogP contribution in [0.15, 0.2) is 36.5 Å². The van der Waals surface area contributed by atoms with Gasteiger partial charge >= 0.3 is 5.97 Å². The number of amides is 1. The SMILES string of the molecule is CCCC/C=C\C/C=C\CCCCCCCC(=O)OCCCCCCCCCCCCCC/C=C\CCCCCCCCCC(=O)NC(CO)C(O)CCCCCCCCCCCCCCCC. The summed E-state index contributed by atoms with van der Waals surface area (Å²) in [6.07, 6.45) is 71.4. The number of unbranched alkanes of at least 4 members (excludes halogenated alkanes) is 39. The van der Waals surface area contributed by atoms with Crippen molar-refractivity contribution >= 4 is 11.9 Å². The van der Waals surface area contributed by atoms with Crippen LogP contribution in [0.5, 0.6) is 0 Å². The molecule has 6 heteroatoms. The van der Waals surface area contributed by atoms with Crippen LogP contribution in [0.2, 0.25) is 0 Å². The zero-order chi connectivity index (χ0) is 49.3. The monoisotopic (exact) mass is 956 g/mol. The predicted octanol–water partition coefficient (Wildman–Crippen LogP) is 18.8. The lowest BCUT2D eigenvalue weighted by molar-refractivity contribution is -0.143. The standard InChI is InChI=1S/C62H117NO5/c1-3-5-7-9-11-13-15-17-30-34-38-42-46-50-54-60(65)59(58-64)63-61(66)55-51-47-43-39-35-31-28-26-24-22-20-19-21-23-25-27-29-33-37-41-45-49-53-57-68-62(67)56-52-48-44-40-36-32-18-16-14-12-10-8-6-4-2/h10,12,16,18,22,24,59-60,64-65H,3-9,11,13-15,17,19-21,23,25-58H2,1-2H3,(H,63,66)/b12-10-,18-16-,24-22-. The minimum absolute atomic E-state index is 0.00323. The molecule has 0 saturated carbocycles. The van der Waals surface area contributed by atoms with E-state index in [0.29, 0.717) is 25.9 Å². The minimum atomic E-state index is -0.668. The number of nitrogens with one attached hydrogen (secondary N) is 1. The first-order chi connectivity index (χ1) is 33.5. The number of carbonyl (C=O) groups excluding carboxylic acids is 2. The van der Waals surface area contributed by atoms with Gasteiger partial charge in [-0.15, -0.1) is 0 Å². The number of allylic oxidation sites excluding steroid dienone is 6. The highest BCUT2D eigenvalue weighted by Gasteiger charge is 2.20. The molecule has 2 unspecified atom stereocenters. The highest BCUT2D eigenvalue weighted by Crippen LogP contribution is 2.17. The number of hydrogen-bond donors (Lipinski definition) is 3. The largest absolute Gasteiger partial charge is 0.466 e. The Morgan fingerprint density at radius 1 is 0.412 bits per heavy atom. The van der Waals surface area contributed by atoms with Gasteiger partial charge in [-0.05, 0) is 77.0 Å². The van der Waals surface area contributed by atoms with E-state index >= 15 is 0 Å². The lowest BCUT2D eigenvalue weighted by Crippen LogP contribution is -2.45. The fourth-order valence-electron chi connectivity index (χ4n) is 9.24. The molecule has 0 aliphatic carbocycles. The second kappa shape index (κ2) is 57.7. The Balaban J connectivity index is 3.41. The molecule has 0 aromatic carbocycles. The van der Waals surface area contributed by atoms with Gasteiger partial charge in [-0.1, -0.05) is 269 Å². The fraction of sp³-hybridized carbons (Fsp3) is 0.871. The molecular weight excluding hydrogens is 839 g/mol. The van der Waals surface area contributed by atoms with Gasteiger partial charge in [0.15, 0.2) is 0 Å². The number of aliphatic hydroxyl groups is 2. The van der Waals surface area contributed by atoms with Crippen molar-refractivity contribution in [2.24, 2.45) is 0 Å². The van der Waals surface area contributed by atoms with Gasteiger partial charge in [0.05, 0.1) is 25.4 Å². The van der Waals surface area contributed by atoms with E-state index < -0.39 is 12.1 Å². The number of ether oxygens (including phenoxy) is 1. The van der Waals surface area contributed by atoms with E-state index in [2.05, 4.69) is 55.6 Å². The van der Waals surface area contributed by atoms with Gasteiger partial charge in [0.2, 0.25) is 5.91 Å². The third kappa shape index (κ3) is 53.4. The second-order valence-corrected chi connectivity index (χ2v) is 20.7. The smallest absolute Gasteiger partial charge is 0.305 e. The first-order valence-corrected chi connectivity index (χ1v) is 30.2. The maximum absolute atomic E-state index is 12.5. The van der Waals surface area contributed by atoms with Gasteiger partial charge in [-0.25, -0.2) is 0 Å². The Kier molecular flexibility index (Phi) is 56.0. The molecule has 1 amide bonds. The van der Waals surface area contributed by atoms with E-state index in [-0.39, 0.29) is 18.5 Å². The predicted molar refractivity (Wildman–Crippen MR) is 296 cm³/mol. The van der Waals surface area contributed by atoms with E-state index in [1.807, 2.05) is 0 Å². The normalized spacial score (nSPS) is 12.8. The zero-order valence-corrected chi connectivity index (χ0v) is 45.6. The van der Waals surface area contributed by atoms with E-state index in [4.69, 9.17) is 4.74 Å². The third-order valence-corrected chi connectivity index (χ3v) is 13.9. The van der Waals surface area contributed by atoms with E-state index in [0.717, 1.165) is 51.4 Å². The number of esters is 1. The van der Waals surface area contributed by atoms with Gasteiger partial charge in [-0.3, -0.25) is 9.59 Å². The Bertz CT molecular complexity index is 1100. The van der Waals surface area contributed by atoms with Crippen molar-refractivity contribution in [1.82, 2.24) is 5.32 Å². The first kappa shape index (κ1) is 66.1. The fourth-order valence-corrected chi connectivity index (χ4v) is 9.24. The van der Waals surface area contributed by atoms with Crippen LogP contribution in [0.25, 0.3) is 0 Å². The molecule has 400 valence electrons. The molecule has 0 aliphatic heterocycles. The molecule has 0 aromatic heterocycles. The summed E-state index contributed by atoms with van der Waals surface area (Å²) in [5, 5.41) is 23.3. The Morgan fingerprint density at radius 2 is 0.750 bits per heavy atom. The molecule has 0 heterocycles. The molecule has 0 fully saturated rings. The van der Waals surface area contributed by atoms with Crippen molar-refractivity contribution in [3.63, 3.8) is 0 Å². The molecule has 2 atom stereocenters. The summed E-state index contributed by atoms with van der Waals surface area (Å²) in [6.45, 7) is 4.91. The second-order valence-electron chi connectivity index (χ2n) is 20.7. The van der Waals surface area contributed by atoms with Crippen molar-refractivity contribution in [3.8, 4) is 0 Å². The van der Waals surface area contributed by atoms with Crippen LogP contribution in [-0.2, 0) is 14.3 Å². The average molecular weight is 957 g/mol. The van der Waals surface area contributed by atoms with Gasteiger partial charge in [0.25, 0.3) is 0 Å². The number of carbonyl (C=O) groups is 2. The highest BCUT2D eigenvalue weighted by molar-refractivity contribution is 5.76. The summed E-state index contributed by atoms with van der Waals surface area (Å²) >= 11 is 0. The molecule has 0 rings (SSSR count). The molecule has 0 saturated heterocycles. The molecule has 0 aliphatic rings. The summed E-state index contributed by atoms with van der Waals surface area (Å²) in [7, 11) is 0. The molecule has 0 aromatic rings. The quantitative estimate of drug-likeness (QED) is 0.0321. The van der Waals surface area contributed by atoms with Gasteiger partial charge in [0.1, 0.15) is 0 Å². The number of rotatable bonds is 56. The van der Waals surface area contributed by atoms with Crippen LogP contribution in [0, 0.1) is 0 Å². The van der Waals surface area contributed by atoms with Crippen LogP contribution in [0.3, 0.4) is 0 Å². The Morgan fingerprint density at radius 3 is 1.18 bits per heavy atom. The summed E-state index contributed by atoms with van der Waals surface area (Å²) in [4.78, 5) is 24.5. The molecule has 6 nitrogen and oxygen atoms in total.